The molecule has 0 aliphatic rings. The van der Waals surface area contributed by atoms with Gasteiger partial charge in [-0.05, 0) is 49.4 Å². The fourth-order valence-electron chi connectivity index (χ4n) is 12.2. The highest BCUT2D eigenvalue weighted by Gasteiger charge is 2.30. The number of unbranched alkanes of at least 4 members (excludes halogenated alkanes) is 42. The summed E-state index contributed by atoms with van der Waals surface area (Å²) in [7, 11) is -9.92. The Morgan fingerprint density at radius 2 is 0.485 bits per heavy atom. The van der Waals surface area contributed by atoms with Crippen molar-refractivity contribution in [1.82, 2.24) is 0 Å². The lowest BCUT2D eigenvalue weighted by molar-refractivity contribution is -0.161. The van der Waals surface area contributed by atoms with E-state index in [0.29, 0.717) is 25.7 Å². The maximum absolute atomic E-state index is 13.1. The minimum absolute atomic E-state index is 0.105. The molecular formula is C80H156O17P2. The summed E-state index contributed by atoms with van der Waals surface area (Å²) in [6, 6.07) is 0. The van der Waals surface area contributed by atoms with Gasteiger partial charge < -0.3 is 33.8 Å². The molecule has 0 amide bonds. The van der Waals surface area contributed by atoms with Gasteiger partial charge in [0.2, 0.25) is 0 Å². The normalized spacial score (nSPS) is 14.3. The molecule has 0 saturated heterocycles. The number of phosphoric acid groups is 2. The average molecular weight is 1450 g/mol. The maximum Gasteiger partial charge on any atom is 0.472 e. The van der Waals surface area contributed by atoms with E-state index in [4.69, 9.17) is 37.0 Å². The number of rotatable bonds is 77. The SMILES string of the molecule is CCC(C)CCCCCCCCC(=O)OC[C@H](COP(=O)(O)OC[C@H](O)COP(=O)(O)OC[C@@H](COC(=O)CCCCCCCCCCCCCCCCCCC(C)C)OC(=O)CCCCCCCCCCCCCCCCC(C)C)OC(=O)CCCCCCCCCCCCC(C)C. The summed E-state index contributed by atoms with van der Waals surface area (Å²) in [6.07, 6.45) is 55.5. The van der Waals surface area contributed by atoms with Gasteiger partial charge in [0.05, 0.1) is 26.4 Å². The number of hydrogen-bond acceptors (Lipinski definition) is 15. The van der Waals surface area contributed by atoms with Crippen LogP contribution in [-0.4, -0.2) is 96.7 Å². The minimum Gasteiger partial charge on any atom is -0.462 e. The van der Waals surface area contributed by atoms with Crippen LogP contribution in [0, 0.1) is 23.7 Å². The smallest absolute Gasteiger partial charge is 0.462 e. The molecular weight excluding hydrogens is 1290 g/mol. The van der Waals surface area contributed by atoms with Crippen LogP contribution in [0.5, 0.6) is 0 Å². The molecule has 0 aliphatic carbocycles. The fraction of sp³-hybridized carbons (Fsp3) is 0.950. The Morgan fingerprint density at radius 3 is 0.717 bits per heavy atom. The molecule has 0 rings (SSSR count). The predicted octanol–water partition coefficient (Wildman–Crippen LogP) is 23.6. The first-order chi connectivity index (χ1) is 47.6. The largest absolute Gasteiger partial charge is 0.472 e. The number of esters is 4. The molecule has 588 valence electrons. The van der Waals surface area contributed by atoms with E-state index in [-0.39, 0.29) is 25.7 Å². The van der Waals surface area contributed by atoms with Gasteiger partial charge in [-0.3, -0.25) is 37.3 Å². The first-order valence-corrected chi connectivity index (χ1v) is 44.2. The van der Waals surface area contributed by atoms with Crippen molar-refractivity contribution < 1.29 is 80.2 Å². The second-order valence-corrected chi connectivity index (χ2v) is 33.4. The fourth-order valence-corrected chi connectivity index (χ4v) is 13.8. The van der Waals surface area contributed by atoms with E-state index in [0.717, 1.165) is 120 Å². The van der Waals surface area contributed by atoms with Crippen LogP contribution >= 0.6 is 15.6 Å². The number of hydrogen-bond donors (Lipinski definition) is 3. The number of phosphoric ester groups is 2. The minimum atomic E-state index is -4.96. The van der Waals surface area contributed by atoms with E-state index in [9.17, 15) is 43.2 Å². The zero-order valence-corrected chi connectivity index (χ0v) is 66.9. The van der Waals surface area contributed by atoms with Crippen LogP contribution in [0.4, 0.5) is 0 Å². The summed E-state index contributed by atoms with van der Waals surface area (Å²) in [6.45, 7) is 14.2. The molecule has 0 aromatic heterocycles. The molecule has 0 saturated carbocycles. The molecule has 17 nitrogen and oxygen atoms in total. The number of ether oxygens (including phenoxy) is 4. The third kappa shape index (κ3) is 72.8. The van der Waals surface area contributed by atoms with Gasteiger partial charge in [0, 0.05) is 25.7 Å². The van der Waals surface area contributed by atoms with Crippen LogP contribution in [0.2, 0.25) is 0 Å². The van der Waals surface area contributed by atoms with Crippen molar-refractivity contribution in [3.63, 3.8) is 0 Å². The third-order valence-corrected chi connectivity index (χ3v) is 20.8. The van der Waals surface area contributed by atoms with Crippen molar-refractivity contribution in [2.75, 3.05) is 39.6 Å². The molecule has 0 radical (unpaired) electrons. The van der Waals surface area contributed by atoms with Gasteiger partial charge in [-0.1, -0.05) is 357 Å². The standard InChI is InChI=1S/C80H156O17P2/c1-9-73(8)59-51-43-38-39-45-53-61-78(83)91-67-76(97-80(85)63-55-47-37-31-25-24-28-34-42-50-58-72(6)7)69-95-99(88,89)93-65-74(81)64-92-98(86,87)94-68-75(96-79(84)62-54-46-36-30-23-19-15-14-17-21-27-33-41-49-57-71(4)5)66-90-77(82)60-52-44-35-29-22-18-13-11-10-12-16-20-26-32-40-48-56-70(2)3/h70-76,81H,9-69H2,1-8H3,(H,86,87)(H,88,89)/t73?,74-,75-,76-/m1/s1. The van der Waals surface area contributed by atoms with Gasteiger partial charge in [-0.15, -0.1) is 0 Å². The van der Waals surface area contributed by atoms with E-state index in [1.54, 1.807) is 0 Å². The zero-order chi connectivity index (χ0) is 73.1. The number of aliphatic hydroxyl groups excluding tert-OH is 1. The Labute approximate surface area is 607 Å². The molecule has 0 aliphatic heterocycles. The molecule has 19 heteroatoms. The monoisotopic (exact) mass is 1450 g/mol. The van der Waals surface area contributed by atoms with Gasteiger partial charge >= 0.3 is 39.5 Å². The number of carbonyl (C=O) groups is 4. The van der Waals surface area contributed by atoms with Gasteiger partial charge in [0.15, 0.2) is 12.2 Å². The average Bonchev–Trinajstić information content (AvgIpc) is 0.973. The zero-order valence-electron chi connectivity index (χ0n) is 65.1. The van der Waals surface area contributed by atoms with E-state index >= 15 is 0 Å². The quantitative estimate of drug-likeness (QED) is 0.0222. The summed E-state index contributed by atoms with van der Waals surface area (Å²) < 4.78 is 68.7. The summed E-state index contributed by atoms with van der Waals surface area (Å²) in [5, 5.41) is 10.6. The molecule has 6 atom stereocenters. The van der Waals surface area contributed by atoms with Crippen LogP contribution in [0.25, 0.3) is 0 Å². The lowest BCUT2D eigenvalue weighted by Gasteiger charge is -2.21. The molecule has 0 aromatic rings. The van der Waals surface area contributed by atoms with Crippen molar-refractivity contribution >= 4 is 39.5 Å². The van der Waals surface area contributed by atoms with Gasteiger partial charge in [-0.25, -0.2) is 9.13 Å². The van der Waals surface area contributed by atoms with Crippen molar-refractivity contribution in [2.45, 2.75) is 427 Å². The Balaban J connectivity index is 5.24. The second kappa shape index (κ2) is 69.1. The van der Waals surface area contributed by atoms with Crippen molar-refractivity contribution in [1.29, 1.82) is 0 Å². The Hall–Kier alpha value is -1.94. The summed E-state index contributed by atoms with van der Waals surface area (Å²) >= 11 is 0. The topological polar surface area (TPSA) is 237 Å². The van der Waals surface area contributed by atoms with Crippen LogP contribution in [0.1, 0.15) is 409 Å². The van der Waals surface area contributed by atoms with Crippen LogP contribution in [0.3, 0.4) is 0 Å². The van der Waals surface area contributed by atoms with Crippen LogP contribution in [-0.2, 0) is 65.4 Å². The Bertz CT molecular complexity index is 1940. The van der Waals surface area contributed by atoms with Gasteiger partial charge in [0.1, 0.15) is 19.3 Å². The van der Waals surface area contributed by atoms with Crippen LogP contribution in [0.15, 0.2) is 0 Å². The third-order valence-electron chi connectivity index (χ3n) is 18.9. The highest BCUT2D eigenvalue weighted by Crippen LogP contribution is 2.45. The Morgan fingerprint density at radius 1 is 0.283 bits per heavy atom. The number of aliphatic hydroxyl groups is 1. The van der Waals surface area contributed by atoms with E-state index in [1.807, 2.05) is 0 Å². The highest BCUT2D eigenvalue weighted by molar-refractivity contribution is 7.47. The second-order valence-electron chi connectivity index (χ2n) is 30.5. The lowest BCUT2D eigenvalue weighted by Crippen LogP contribution is -2.30. The van der Waals surface area contributed by atoms with Gasteiger partial charge in [-0.2, -0.15) is 0 Å². The van der Waals surface area contributed by atoms with E-state index in [2.05, 4.69) is 55.4 Å². The molecule has 0 spiro atoms. The molecule has 3 N–H and O–H groups in total. The first-order valence-electron chi connectivity index (χ1n) is 41.2. The summed E-state index contributed by atoms with van der Waals surface area (Å²) in [4.78, 5) is 73.0. The molecule has 0 heterocycles. The van der Waals surface area contributed by atoms with Crippen molar-refractivity contribution in [2.24, 2.45) is 23.7 Å². The van der Waals surface area contributed by atoms with E-state index < -0.39 is 97.5 Å². The molecule has 3 unspecified atom stereocenters. The highest BCUT2D eigenvalue weighted by atomic mass is 31.2. The van der Waals surface area contributed by atoms with E-state index in [1.165, 1.54) is 205 Å². The van der Waals surface area contributed by atoms with Crippen LogP contribution < -0.4 is 0 Å². The maximum atomic E-state index is 13.1. The lowest BCUT2D eigenvalue weighted by atomic mass is 10.00. The summed E-state index contributed by atoms with van der Waals surface area (Å²) in [5.74, 6) is 0.974. The molecule has 0 fully saturated rings. The Kier molecular flexibility index (Phi) is 67.8. The molecule has 99 heavy (non-hydrogen) atoms. The van der Waals surface area contributed by atoms with Crippen molar-refractivity contribution in [3.05, 3.63) is 0 Å². The number of carbonyl (C=O) groups excluding carboxylic acids is 4. The predicted molar refractivity (Wildman–Crippen MR) is 404 cm³/mol. The molecule has 0 aromatic carbocycles. The molecule has 0 bridgehead atoms. The summed E-state index contributed by atoms with van der Waals surface area (Å²) in [5.41, 5.74) is 0. The van der Waals surface area contributed by atoms with Gasteiger partial charge in [0.25, 0.3) is 0 Å². The van der Waals surface area contributed by atoms with Crippen molar-refractivity contribution in [3.8, 4) is 0 Å². The first kappa shape index (κ1) is 97.1.